The van der Waals surface area contributed by atoms with E-state index in [-0.39, 0.29) is 17.5 Å². The molecule has 0 bridgehead atoms. The van der Waals surface area contributed by atoms with Crippen molar-refractivity contribution in [3.05, 3.63) is 46.0 Å². The summed E-state index contributed by atoms with van der Waals surface area (Å²) in [7, 11) is 0. The molecule has 1 amide bonds. The van der Waals surface area contributed by atoms with E-state index in [0.29, 0.717) is 17.4 Å². The van der Waals surface area contributed by atoms with E-state index in [2.05, 4.69) is 15.6 Å². The van der Waals surface area contributed by atoms with E-state index in [0.717, 1.165) is 6.54 Å². The maximum absolute atomic E-state index is 13.2. The molecular formula is C15H18FN3O2. The Hall–Kier alpha value is -2.21. The molecule has 1 atom stereocenters. The van der Waals surface area contributed by atoms with Crippen molar-refractivity contribution in [1.29, 1.82) is 0 Å². The molecule has 112 valence electrons. The van der Waals surface area contributed by atoms with E-state index < -0.39 is 11.4 Å². The van der Waals surface area contributed by atoms with E-state index in [1.54, 1.807) is 0 Å². The van der Waals surface area contributed by atoms with Crippen LogP contribution in [0.3, 0.4) is 0 Å². The van der Waals surface area contributed by atoms with Crippen molar-refractivity contribution in [2.24, 2.45) is 0 Å². The fourth-order valence-electron chi connectivity index (χ4n) is 2.18. The zero-order valence-corrected chi connectivity index (χ0v) is 12.0. The zero-order valence-electron chi connectivity index (χ0n) is 12.0. The second kappa shape index (κ2) is 6.49. The van der Waals surface area contributed by atoms with Crippen LogP contribution >= 0.6 is 0 Å². The van der Waals surface area contributed by atoms with Crippen LogP contribution in [0, 0.1) is 5.82 Å². The van der Waals surface area contributed by atoms with Gasteiger partial charge in [0.15, 0.2) is 0 Å². The van der Waals surface area contributed by atoms with Crippen molar-refractivity contribution in [3.8, 4) is 0 Å². The standard InChI is InChI=1S/C15H18FN3O2/c1-3-17-9(2)8-18-15(21)12-7-14(20)19-13-6-10(16)4-5-11(12)13/h4-7,9,17H,3,8H2,1-2H3,(H,18,21)(H,19,20)/t9-/m1/s1. The molecule has 3 N–H and O–H groups in total. The molecule has 5 nitrogen and oxygen atoms in total. The number of aromatic amines is 1. The number of likely N-dealkylation sites (N-methyl/N-ethyl adjacent to an activating group) is 1. The molecule has 0 spiro atoms. The number of hydrogen-bond acceptors (Lipinski definition) is 3. The average Bonchev–Trinajstić information content (AvgIpc) is 2.43. The fraction of sp³-hybridized carbons (Fsp3) is 0.333. The molecule has 21 heavy (non-hydrogen) atoms. The first-order valence-electron chi connectivity index (χ1n) is 6.85. The predicted molar refractivity (Wildman–Crippen MR) is 80.0 cm³/mol. The number of pyridine rings is 1. The summed E-state index contributed by atoms with van der Waals surface area (Å²) in [5, 5.41) is 6.46. The lowest BCUT2D eigenvalue weighted by atomic mass is 10.1. The normalized spacial score (nSPS) is 12.3. The van der Waals surface area contributed by atoms with Crippen LogP contribution in [0.5, 0.6) is 0 Å². The van der Waals surface area contributed by atoms with Gasteiger partial charge in [-0.05, 0) is 31.7 Å². The number of aromatic nitrogens is 1. The van der Waals surface area contributed by atoms with E-state index in [1.807, 2.05) is 13.8 Å². The third-order valence-corrected chi connectivity index (χ3v) is 3.17. The van der Waals surface area contributed by atoms with Crippen molar-refractivity contribution < 1.29 is 9.18 Å². The van der Waals surface area contributed by atoms with Crippen LogP contribution < -0.4 is 16.2 Å². The summed E-state index contributed by atoms with van der Waals surface area (Å²) in [6, 6.07) is 5.31. The number of benzene rings is 1. The second-order valence-electron chi connectivity index (χ2n) is 4.91. The SMILES string of the molecule is CCN[C@H](C)CNC(=O)c1cc(=O)[nH]c2cc(F)ccc12. The molecule has 0 saturated carbocycles. The third-order valence-electron chi connectivity index (χ3n) is 3.17. The van der Waals surface area contributed by atoms with Crippen LogP contribution in [0.2, 0.25) is 0 Å². The molecule has 0 aliphatic rings. The van der Waals surface area contributed by atoms with Gasteiger partial charge in [-0.25, -0.2) is 4.39 Å². The summed E-state index contributed by atoms with van der Waals surface area (Å²) >= 11 is 0. The van der Waals surface area contributed by atoms with Crippen LogP contribution in [0.15, 0.2) is 29.1 Å². The first kappa shape index (κ1) is 15.2. The molecule has 0 aliphatic carbocycles. The molecule has 0 aliphatic heterocycles. The Morgan fingerprint density at radius 3 is 2.86 bits per heavy atom. The Balaban J connectivity index is 2.28. The van der Waals surface area contributed by atoms with Crippen molar-refractivity contribution in [2.75, 3.05) is 13.1 Å². The molecule has 1 heterocycles. The topological polar surface area (TPSA) is 74.0 Å². The number of H-pyrrole nitrogens is 1. The molecule has 0 unspecified atom stereocenters. The Labute approximate surface area is 121 Å². The Bertz CT molecular complexity index is 712. The zero-order chi connectivity index (χ0) is 15.4. The first-order chi connectivity index (χ1) is 10.0. The van der Waals surface area contributed by atoms with Crippen molar-refractivity contribution >= 4 is 16.8 Å². The largest absolute Gasteiger partial charge is 0.350 e. The fourth-order valence-corrected chi connectivity index (χ4v) is 2.18. The van der Waals surface area contributed by atoms with Gasteiger partial charge in [-0.2, -0.15) is 0 Å². The summed E-state index contributed by atoms with van der Waals surface area (Å²) in [5.74, 6) is -0.807. The number of nitrogens with one attached hydrogen (secondary N) is 3. The van der Waals surface area contributed by atoms with Crippen LogP contribution in [0.4, 0.5) is 4.39 Å². The second-order valence-corrected chi connectivity index (χ2v) is 4.91. The molecule has 1 aromatic heterocycles. The lowest BCUT2D eigenvalue weighted by molar-refractivity contribution is 0.0951. The average molecular weight is 291 g/mol. The minimum atomic E-state index is -0.462. The smallest absolute Gasteiger partial charge is 0.252 e. The first-order valence-corrected chi connectivity index (χ1v) is 6.85. The minimum Gasteiger partial charge on any atom is -0.350 e. The van der Waals surface area contributed by atoms with Crippen LogP contribution in [0.1, 0.15) is 24.2 Å². The van der Waals surface area contributed by atoms with Crippen LogP contribution in [0.25, 0.3) is 10.9 Å². The number of halogens is 1. The summed E-state index contributed by atoms with van der Waals surface area (Å²) in [6.07, 6.45) is 0. The predicted octanol–water partition coefficient (Wildman–Crippen LogP) is 1.40. The van der Waals surface area contributed by atoms with E-state index in [1.165, 1.54) is 24.3 Å². The van der Waals surface area contributed by atoms with E-state index >= 15 is 0 Å². The highest BCUT2D eigenvalue weighted by Gasteiger charge is 2.13. The van der Waals surface area contributed by atoms with Crippen molar-refractivity contribution in [3.63, 3.8) is 0 Å². The highest BCUT2D eigenvalue weighted by molar-refractivity contribution is 6.05. The molecular weight excluding hydrogens is 273 g/mol. The maximum Gasteiger partial charge on any atom is 0.252 e. The highest BCUT2D eigenvalue weighted by Crippen LogP contribution is 2.16. The Morgan fingerprint density at radius 1 is 1.38 bits per heavy atom. The van der Waals surface area contributed by atoms with E-state index in [9.17, 15) is 14.0 Å². The summed E-state index contributed by atoms with van der Waals surface area (Å²) in [4.78, 5) is 26.3. The van der Waals surface area contributed by atoms with Gasteiger partial charge in [-0.1, -0.05) is 6.92 Å². The Morgan fingerprint density at radius 2 is 2.14 bits per heavy atom. The summed E-state index contributed by atoms with van der Waals surface area (Å²) in [6.45, 7) is 5.19. The minimum absolute atomic E-state index is 0.129. The molecule has 0 saturated heterocycles. The number of fused-ring (bicyclic) bond motifs is 1. The third kappa shape index (κ3) is 3.66. The monoisotopic (exact) mass is 291 g/mol. The van der Waals surface area contributed by atoms with Crippen molar-refractivity contribution in [2.45, 2.75) is 19.9 Å². The van der Waals surface area contributed by atoms with Gasteiger partial charge in [0.2, 0.25) is 5.56 Å². The molecule has 0 fully saturated rings. The van der Waals surface area contributed by atoms with Gasteiger partial charge >= 0.3 is 0 Å². The maximum atomic E-state index is 13.2. The summed E-state index contributed by atoms with van der Waals surface area (Å²) < 4.78 is 13.2. The molecule has 1 aromatic carbocycles. The van der Waals surface area contributed by atoms with Crippen LogP contribution in [-0.2, 0) is 0 Å². The molecule has 0 radical (unpaired) electrons. The lowest BCUT2D eigenvalue weighted by Gasteiger charge is -2.13. The van der Waals surface area contributed by atoms with Crippen molar-refractivity contribution in [1.82, 2.24) is 15.6 Å². The highest BCUT2D eigenvalue weighted by atomic mass is 19.1. The number of rotatable bonds is 5. The number of carbonyl (C=O) groups is 1. The number of amides is 1. The van der Waals surface area contributed by atoms with Gasteiger partial charge in [-0.3, -0.25) is 9.59 Å². The summed E-state index contributed by atoms with van der Waals surface area (Å²) in [5.41, 5.74) is 0.128. The molecule has 2 aromatic rings. The van der Waals surface area contributed by atoms with Gasteiger partial charge in [0.25, 0.3) is 5.91 Å². The van der Waals surface area contributed by atoms with Gasteiger partial charge in [0.05, 0.1) is 11.1 Å². The lowest BCUT2D eigenvalue weighted by Crippen LogP contribution is -2.39. The number of carbonyl (C=O) groups excluding carboxylic acids is 1. The quantitative estimate of drug-likeness (QED) is 0.779. The van der Waals surface area contributed by atoms with Gasteiger partial charge < -0.3 is 15.6 Å². The van der Waals surface area contributed by atoms with Crippen LogP contribution in [-0.4, -0.2) is 30.0 Å². The van der Waals surface area contributed by atoms with E-state index in [4.69, 9.17) is 0 Å². The molecule has 2 rings (SSSR count). The number of hydrogen-bond donors (Lipinski definition) is 3. The molecule has 6 heteroatoms. The van der Waals surface area contributed by atoms with Gasteiger partial charge in [0.1, 0.15) is 5.82 Å². The van der Waals surface area contributed by atoms with Gasteiger partial charge in [0, 0.05) is 24.0 Å². The van der Waals surface area contributed by atoms with Gasteiger partial charge in [-0.15, -0.1) is 0 Å². The Kier molecular flexibility index (Phi) is 4.70.